The molecule has 2 atom stereocenters. The van der Waals surface area contributed by atoms with Crippen LogP contribution < -0.4 is 5.32 Å². The monoisotopic (exact) mass is 240 g/mol. The van der Waals surface area contributed by atoms with E-state index in [-0.39, 0.29) is 6.03 Å². The Hall–Kier alpha value is -0.380. The number of hydrogen-bond acceptors (Lipinski definition) is 2. The first-order valence-corrected chi connectivity index (χ1v) is 7.56. The van der Waals surface area contributed by atoms with E-state index in [2.05, 4.69) is 10.2 Å². The topological polar surface area (TPSA) is 32.3 Å². The van der Waals surface area contributed by atoms with Gasteiger partial charge in [0.05, 0.1) is 0 Å². The molecule has 2 aliphatic heterocycles. The zero-order valence-electron chi connectivity index (χ0n) is 9.65. The number of amides is 2. The Morgan fingerprint density at radius 1 is 1.25 bits per heavy atom. The molecule has 3 aliphatic rings. The normalized spacial score (nSPS) is 34.4. The second kappa shape index (κ2) is 4.47. The summed E-state index contributed by atoms with van der Waals surface area (Å²) in [6, 6.07) is 1.19. The molecule has 0 aromatic carbocycles. The van der Waals surface area contributed by atoms with E-state index in [1.54, 1.807) is 0 Å². The number of urea groups is 1. The number of hydrogen-bond donors (Lipinski definition) is 1. The minimum Gasteiger partial charge on any atom is -0.335 e. The van der Waals surface area contributed by atoms with E-state index >= 15 is 0 Å². The Kier molecular flexibility index (Phi) is 3.01. The molecule has 2 heterocycles. The van der Waals surface area contributed by atoms with E-state index in [0.717, 1.165) is 17.5 Å². The third-order valence-electron chi connectivity index (χ3n) is 4.09. The van der Waals surface area contributed by atoms with Crippen molar-refractivity contribution in [3.63, 3.8) is 0 Å². The highest BCUT2D eigenvalue weighted by Crippen LogP contribution is 2.37. The minimum absolute atomic E-state index is 0.208. The second-order valence-corrected chi connectivity index (χ2v) is 6.61. The highest BCUT2D eigenvalue weighted by atomic mass is 32.2. The third-order valence-corrected chi connectivity index (χ3v) is 5.48. The smallest absolute Gasteiger partial charge is 0.317 e. The van der Waals surface area contributed by atoms with E-state index in [9.17, 15) is 4.79 Å². The van der Waals surface area contributed by atoms with Gasteiger partial charge in [-0.3, -0.25) is 0 Å². The van der Waals surface area contributed by atoms with Gasteiger partial charge in [0.15, 0.2) is 0 Å². The van der Waals surface area contributed by atoms with Crippen molar-refractivity contribution in [1.29, 1.82) is 0 Å². The van der Waals surface area contributed by atoms with Gasteiger partial charge in [0.25, 0.3) is 0 Å². The summed E-state index contributed by atoms with van der Waals surface area (Å²) >= 11 is 2.04. The lowest BCUT2D eigenvalue weighted by Crippen LogP contribution is -2.49. The molecule has 0 aromatic rings. The fourth-order valence-corrected chi connectivity index (χ4v) is 4.59. The molecule has 1 aliphatic carbocycles. The second-order valence-electron chi connectivity index (χ2n) is 5.28. The van der Waals surface area contributed by atoms with Crippen molar-refractivity contribution in [2.24, 2.45) is 0 Å². The number of carbonyl (C=O) groups is 1. The van der Waals surface area contributed by atoms with Crippen LogP contribution in [0.3, 0.4) is 0 Å². The standard InChI is InChI=1S/C12H20N2OS/c15-12(13-9-4-2-1-3-5-9)14-7-11-6-10(14)8-16-11/h9-11H,1-8H2,(H,13,15). The average Bonchev–Trinajstić information content (AvgIpc) is 2.92. The predicted octanol–water partition coefficient (Wildman–Crippen LogP) is 2.22. The highest BCUT2D eigenvalue weighted by molar-refractivity contribution is 8.00. The highest BCUT2D eigenvalue weighted by Gasteiger charge is 2.41. The van der Waals surface area contributed by atoms with Gasteiger partial charge in [0.2, 0.25) is 0 Å². The fraction of sp³-hybridized carbons (Fsp3) is 0.917. The molecule has 0 spiro atoms. The van der Waals surface area contributed by atoms with Crippen molar-refractivity contribution in [3.05, 3.63) is 0 Å². The SMILES string of the molecule is O=C(NC1CCCCC1)N1CC2CC1CS2. The molecule has 0 radical (unpaired) electrons. The van der Waals surface area contributed by atoms with Crippen molar-refractivity contribution < 1.29 is 4.79 Å². The molecule has 0 aromatic heterocycles. The van der Waals surface area contributed by atoms with Crippen molar-refractivity contribution >= 4 is 17.8 Å². The number of carbonyl (C=O) groups excluding carboxylic acids is 1. The zero-order chi connectivity index (χ0) is 11.0. The van der Waals surface area contributed by atoms with E-state index < -0.39 is 0 Å². The van der Waals surface area contributed by atoms with E-state index in [1.807, 2.05) is 11.8 Å². The molecule has 16 heavy (non-hydrogen) atoms. The molecule has 4 heteroatoms. The molecule has 3 fully saturated rings. The van der Waals surface area contributed by atoms with E-state index in [1.165, 1.54) is 38.5 Å². The Bertz CT molecular complexity index is 278. The first-order chi connectivity index (χ1) is 7.83. The lowest BCUT2D eigenvalue weighted by atomic mass is 9.96. The third kappa shape index (κ3) is 2.04. The number of thioether (sulfide) groups is 1. The van der Waals surface area contributed by atoms with Crippen molar-refractivity contribution in [3.8, 4) is 0 Å². The predicted molar refractivity (Wildman–Crippen MR) is 66.8 cm³/mol. The Labute approximate surface area is 101 Å². The van der Waals surface area contributed by atoms with Gasteiger partial charge in [-0.05, 0) is 19.3 Å². The molecule has 2 unspecified atom stereocenters. The summed E-state index contributed by atoms with van der Waals surface area (Å²) in [6.45, 7) is 0.980. The summed E-state index contributed by atoms with van der Waals surface area (Å²) in [4.78, 5) is 14.2. The molecule has 90 valence electrons. The first-order valence-electron chi connectivity index (χ1n) is 6.51. The summed E-state index contributed by atoms with van der Waals surface area (Å²) in [7, 11) is 0. The molecular weight excluding hydrogens is 220 g/mol. The maximum atomic E-state index is 12.1. The van der Waals surface area contributed by atoms with Crippen molar-refractivity contribution in [1.82, 2.24) is 10.2 Å². The fourth-order valence-electron chi connectivity index (χ4n) is 3.15. The Morgan fingerprint density at radius 3 is 2.69 bits per heavy atom. The number of rotatable bonds is 1. The van der Waals surface area contributed by atoms with Crippen LogP contribution in [0.5, 0.6) is 0 Å². The van der Waals surface area contributed by atoms with E-state index in [4.69, 9.17) is 0 Å². The summed E-state index contributed by atoms with van der Waals surface area (Å²) in [5.74, 6) is 1.16. The minimum atomic E-state index is 0.208. The molecule has 3 rings (SSSR count). The van der Waals surface area contributed by atoms with Crippen LogP contribution in [0.25, 0.3) is 0 Å². The van der Waals surface area contributed by atoms with Crippen LogP contribution >= 0.6 is 11.8 Å². The average molecular weight is 240 g/mol. The van der Waals surface area contributed by atoms with Crippen LogP contribution in [0.1, 0.15) is 38.5 Å². The van der Waals surface area contributed by atoms with Crippen molar-refractivity contribution in [2.75, 3.05) is 12.3 Å². The molecule has 2 saturated heterocycles. The maximum Gasteiger partial charge on any atom is 0.317 e. The van der Waals surface area contributed by atoms with Crippen LogP contribution in [-0.2, 0) is 0 Å². The molecule has 2 bridgehead atoms. The van der Waals surface area contributed by atoms with Gasteiger partial charge in [0.1, 0.15) is 0 Å². The molecule has 3 nitrogen and oxygen atoms in total. The Balaban J connectivity index is 1.53. The van der Waals surface area contributed by atoms with Gasteiger partial charge in [-0.1, -0.05) is 19.3 Å². The molecular formula is C12H20N2OS. The summed E-state index contributed by atoms with van der Waals surface area (Å²) < 4.78 is 0. The summed E-state index contributed by atoms with van der Waals surface area (Å²) in [6.07, 6.45) is 7.50. The lowest BCUT2D eigenvalue weighted by molar-refractivity contribution is 0.188. The molecule has 1 saturated carbocycles. The van der Waals surface area contributed by atoms with Crippen LogP contribution in [0.4, 0.5) is 4.79 Å². The molecule has 1 N–H and O–H groups in total. The first kappa shape index (κ1) is 10.8. The largest absolute Gasteiger partial charge is 0.335 e. The van der Waals surface area contributed by atoms with Crippen LogP contribution in [-0.4, -0.2) is 40.6 Å². The van der Waals surface area contributed by atoms with Gasteiger partial charge in [-0.25, -0.2) is 4.79 Å². The van der Waals surface area contributed by atoms with Gasteiger partial charge in [-0.15, -0.1) is 0 Å². The number of likely N-dealkylation sites (tertiary alicyclic amines) is 1. The summed E-state index contributed by atoms with van der Waals surface area (Å²) in [5.41, 5.74) is 0. The van der Waals surface area contributed by atoms with Gasteiger partial charge < -0.3 is 10.2 Å². The number of nitrogens with one attached hydrogen (secondary N) is 1. The maximum absolute atomic E-state index is 12.1. The van der Waals surface area contributed by atoms with Gasteiger partial charge >= 0.3 is 6.03 Å². The van der Waals surface area contributed by atoms with Crippen LogP contribution in [0, 0.1) is 0 Å². The van der Waals surface area contributed by atoms with E-state index in [0.29, 0.717) is 12.1 Å². The summed E-state index contributed by atoms with van der Waals surface area (Å²) in [5, 5.41) is 3.95. The van der Waals surface area contributed by atoms with Crippen molar-refractivity contribution in [2.45, 2.75) is 55.9 Å². The molecule has 2 amide bonds. The Morgan fingerprint density at radius 2 is 2.06 bits per heavy atom. The zero-order valence-corrected chi connectivity index (χ0v) is 10.5. The van der Waals surface area contributed by atoms with Gasteiger partial charge in [-0.2, -0.15) is 11.8 Å². The van der Waals surface area contributed by atoms with Gasteiger partial charge in [0, 0.05) is 29.6 Å². The number of nitrogens with zero attached hydrogens (tertiary/aromatic N) is 1. The quantitative estimate of drug-likeness (QED) is 0.762. The number of fused-ring (bicyclic) bond motifs is 2. The van der Waals surface area contributed by atoms with Crippen LogP contribution in [0.2, 0.25) is 0 Å². The lowest BCUT2D eigenvalue weighted by Gasteiger charge is -2.30. The van der Waals surface area contributed by atoms with Crippen LogP contribution in [0.15, 0.2) is 0 Å².